The number of nitrogens with zero attached hydrogens (tertiary/aromatic N) is 1. The summed E-state index contributed by atoms with van der Waals surface area (Å²) < 4.78 is 0. The second kappa shape index (κ2) is 7.36. The fraction of sp³-hybridized carbons (Fsp3) is 0.280. The van der Waals surface area contributed by atoms with Crippen molar-refractivity contribution >= 4 is 17.3 Å². The number of rotatable bonds is 3. The van der Waals surface area contributed by atoms with Gasteiger partial charge in [0, 0.05) is 41.3 Å². The Balaban J connectivity index is 1.39. The lowest BCUT2D eigenvalue weighted by molar-refractivity contribution is 0.102. The predicted molar refractivity (Wildman–Crippen MR) is 117 cm³/mol. The van der Waals surface area contributed by atoms with Crippen LogP contribution in [0.4, 0.5) is 11.4 Å². The van der Waals surface area contributed by atoms with Crippen LogP contribution in [0, 0.1) is 0 Å². The highest BCUT2D eigenvalue weighted by atomic mass is 16.1. The van der Waals surface area contributed by atoms with Crippen molar-refractivity contribution in [3.8, 4) is 11.1 Å². The molecule has 0 bridgehead atoms. The molecule has 4 nitrogen and oxygen atoms in total. The van der Waals surface area contributed by atoms with E-state index in [1.165, 1.54) is 43.4 Å². The fourth-order valence-corrected chi connectivity index (χ4v) is 4.84. The Hall–Kier alpha value is -3.14. The van der Waals surface area contributed by atoms with Crippen LogP contribution in [0.1, 0.15) is 48.0 Å². The summed E-state index contributed by atoms with van der Waals surface area (Å²) in [5, 5.41) is 6.64. The van der Waals surface area contributed by atoms with Crippen molar-refractivity contribution in [3.05, 3.63) is 78.1 Å². The Kier molecular flexibility index (Phi) is 4.55. The molecular weight excluding hydrogens is 358 g/mol. The van der Waals surface area contributed by atoms with Gasteiger partial charge in [-0.05, 0) is 72.0 Å². The van der Waals surface area contributed by atoms with Crippen molar-refractivity contribution in [2.45, 2.75) is 37.5 Å². The topological polar surface area (TPSA) is 54.0 Å². The van der Waals surface area contributed by atoms with Gasteiger partial charge in [-0.15, -0.1) is 0 Å². The van der Waals surface area contributed by atoms with Gasteiger partial charge in [-0.25, -0.2) is 0 Å². The minimum atomic E-state index is -0.0578. The third kappa shape index (κ3) is 3.39. The lowest BCUT2D eigenvalue weighted by atomic mass is 9.70. The van der Waals surface area contributed by atoms with Crippen LogP contribution in [0.15, 0.2) is 67.0 Å². The highest BCUT2D eigenvalue weighted by molar-refractivity contribution is 6.05. The monoisotopic (exact) mass is 383 g/mol. The maximum Gasteiger partial charge on any atom is 0.255 e. The zero-order chi connectivity index (χ0) is 19.7. The number of aromatic nitrogens is 1. The van der Waals surface area contributed by atoms with Gasteiger partial charge in [-0.2, -0.15) is 0 Å². The number of carbonyl (C=O) groups excluding carboxylic acids is 1. The van der Waals surface area contributed by atoms with Crippen LogP contribution in [0.5, 0.6) is 0 Å². The first-order valence-electron chi connectivity index (χ1n) is 10.4. The number of hydrogen-bond acceptors (Lipinski definition) is 3. The normalized spacial score (nSPS) is 16.8. The Morgan fingerprint density at radius 3 is 2.59 bits per heavy atom. The van der Waals surface area contributed by atoms with Crippen LogP contribution < -0.4 is 10.6 Å². The summed E-state index contributed by atoms with van der Waals surface area (Å²) >= 11 is 0. The van der Waals surface area contributed by atoms with E-state index in [9.17, 15) is 4.79 Å². The lowest BCUT2D eigenvalue weighted by Gasteiger charge is -2.33. The molecule has 5 rings (SSSR count). The molecular formula is C25H25N3O. The molecule has 1 spiro atoms. The molecule has 4 heteroatoms. The summed E-state index contributed by atoms with van der Waals surface area (Å²) in [4.78, 5) is 17.1. The van der Waals surface area contributed by atoms with E-state index in [4.69, 9.17) is 0 Å². The van der Waals surface area contributed by atoms with Crippen LogP contribution >= 0.6 is 0 Å². The van der Waals surface area contributed by atoms with Gasteiger partial charge in [0.05, 0.1) is 0 Å². The highest BCUT2D eigenvalue weighted by Crippen LogP contribution is 2.46. The van der Waals surface area contributed by atoms with Crippen molar-refractivity contribution in [2.75, 3.05) is 17.2 Å². The van der Waals surface area contributed by atoms with E-state index in [2.05, 4.69) is 27.8 Å². The van der Waals surface area contributed by atoms with E-state index < -0.39 is 0 Å². The number of amides is 1. The van der Waals surface area contributed by atoms with Crippen LogP contribution in [-0.4, -0.2) is 17.4 Å². The standard InChI is InChI=1S/C25H25N3O/c29-24(28-21-6-4-5-19(15-21)18-9-13-26-14-10-18)20-7-8-23-22(16-20)25(17-27-23)11-2-1-3-12-25/h4-10,13-16,27H,1-3,11-12,17H2,(H,28,29). The van der Waals surface area contributed by atoms with Crippen molar-refractivity contribution in [2.24, 2.45) is 0 Å². The van der Waals surface area contributed by atoms with E-state index in [-0.39, 0.29) is 11.3 Å². The average Bonchev–Trinajstić information content (AvgIpc) is 3.12. The minimum absolute atomic E-state index is 0.0578. The maximum atomic E-state index is 13.0. The molecule has 0 saturated heterocycles. The summed E-state index contributed by atoms with van der Waals surface area (Å²) in [6.45, 7) is 1.00. The first kappa shape index (κ1) is 17.9. The summed E-state index contributed by atoms with van der Waals surface area (Å²) in [7, 11) is 0. The van der Waals surface area contributed by atoms with Gasteiger partial charge in [0.2, 0.25) is 0 Å². The molecule has 0 radical (unpaired) electrons. The van der Waals surface area contributed by atoms with Gasteiger partial charge in [0.25, 0.3) is 5.91 Å². The largest absolute Gasteiger partial charge is 0.384 e. The average molecular weight is 383 g/mol. The quantitative estimate of drug-likeness (QED) is 0.616. The van der Waals surface area contributed by atoms with Crippen LogP contribution in [-0.2, 0) is 5.41 Å². The van der Waals surface area contributed by atoms with E-state index >= 15 is 0 Å². The molecule has 0 unspecified atom stereocenters. The molecule has 3 aromatic rings. The molecule has 2 aromatic carbocycles. The van der Waals surface area contributed by atoms with Gasteiger partial charge in [0.1, 0.15) is 0 Å². The highest BCUT2D eigenvalue weighted by Gasteiger charge is 2.39. The summed E-state index contributed by atoms with van der Waals surface area (Å²) in [6.07, 6.45) is 9.86. The van der Waals surface area contributed by atoms with Crippen molar-refractivity contribution in [1.29, 1.82) is 0 Å². The van der Waals surface area contributed by atoms with E-state index in [0.29, 0.717) is 0 Å². The SMILES string of the molecule is O=C(Nc1cccc(-c2ccncc2)c1)c1ccc2c(c1)C1(CCCCC1)CN2. The Bertz CT molecular complexity index is 1030. The number of hydrogen-bond donors (Lipinski definition) is 2. The molecule has 1 saturated carbocycles. The van der Waals surface area contributed by atoms with Crippen LogP contribution in [0.3, 0.4) is 0 Å². The van der Waals surface area contributed by atoms with Crippen LogP contribution in [0.2, 0.25) is 0 Å². The van der Waals surface area contributed by atoms with Gasteiger partial charge in [-0.1, -0.05) is 31.4 Å². The third-order valence-electron chi connectivity index (χ3n) is 6.42. The molecule has 1 aliphatic carbocycles. The number of nitrogens with one attached hydrogen (secondary N) is 2. The Labute approximate surface area is 171 Å². The van der Waals surface area contributed by atoms with Crippen LogP contribution in [0.25, 0.3) is 11.1 Å². The second-order valence-electron chi connectivity index (χ2n) is 8.23. The molecule has 1 aliphatic heterocycles. The van der Waals surface area contributed by atoms with Gasteiger partial charge < -0.3 is 10.6 Å². The van der Waals surface area contributed by atoms with E-state index in [1.807, 2.05) is 42.5 Å². The number of benzene rings is 2. The lowest BCUT2D eigenvalue weighted by Crippen LogP contribution is -2.31. The summed E-state index contributed by atoms with van der Waals surface area (Å²) in [5.41, 5.74) is 6.41. The van der Waals surface area contributed by atoms with E-state index in [1.54, 1.807) is 12.4 Å². The van der Waals surface area contributed by atoms with Crippen molar-refractivity contribution < 1.29 is 4.79 Å². The first-order valence-corrected chi connectivity index (χ1v) is 10.4. The predicted octanol–water partition coefficient (Wildman–Crippen LogP) is 5.63. The van der Waals surface area contributed by atoms with Crippen molar-refractivity contribution in [3.63, 3.8) is 0 Å². The molecule has 1 amide bonds. The third-order valence-corrected chi connectivity index (χ3v) is 6.42. The summed E-state index contributed by atoms with van der Waals surface area (Å²) in [6, 6.07) is 18.0. The number of fused-ring (bicyclic) bond motifs is 2. The maximum absolute atomic E-state index is 13.0. The molecule has 0 atom stereocenters. The zero-order valence-corrected chi connectivity index (χ0v) is 16.4. The molecule has 146 valence electrons. The fourth-order valence-electron chi connectivity index (χ4n) is 4.84. The number of anilines is 2. The molecule has 2 heterocycles. The number of carbonyl (C=O) groups is 1. The smallest absolute Gasteiger partial charge is 0.255 e. The number of pyridine rings is 1. The zero-order valence-electron chi connectivity index (χ0n) is 16.4. The first-order chi connectivity index (χ1) is 14.2. The Morgan fingerprint density at radius 2 is 1.76 bits per heavy atom. The second-order valence-corrected chi connectivity index (χ2v) is 8.23. The Morgan fingerprint density at radius 1 is 0.931 bits per heavy atom. The molecule has 1 fully saturated rings. The molecule has 2 aliphatic rings. The van der Waals surface area contributed by atoms with E-state index in [0.717, 1.165) is 28.9 Å². The minimum Gasteiger partial charge on any atom is -0.384 e. The summed E-state index contributed by atoms with van der Waals surface area (Å²) in [5.74, 6) is -0.0578. The molecule has 1 aromatic heterocycles. The molecule has 2 N–H and O–H groups in total. The van der Waals surface area contributed by atoms with Gasteiger partial charge in [-0.3, -0.25) is 9.78 Å². The van der Waals surface area contributed by atoms with Gasteiger partial charge in [0.15, 0.2) is 0 Å². The van der Waals surface area contributed by atoms with Gasteiger partial charge >= 0.3 is 0 Å². The molecule has 29 heavy (non-hydrogen) atoms. The van der Waals surface area contributed by atoms with Crippen molar-refractivity contribution in [1.82, 2.24) is 4.98 Å².